The van der Waals surface area contributed by atoms with Gasteiger partial charge >= 0.3 is 0 Å². The highest BCUT2D eigenvalue weighted by atomic mass is 32.1. The maximum Gasteiger partial charge on any atom is -0.0231 e. The fourth-order valence-corrected chi connectivity index (χ4v) is 3.26. The van der Waals surface area contributed by atoms with Crippen molar-refractivity contribution in [3.8, 4) is 0 Å². The third-order valence-corrected chi connectivity index (χ3v) is 5.22. The van der Waals surface area contributed by atoms with Gasteiger partial charge in [-0.2, -0.15) is 13.5 Å². The van der Waals surface area contributed by atoms with Gasteiger partial charge in [-0.25, -0.2) is 0 Å². The van der Waals surface area contributed by atoms with Crippen molar-refractivity contribution in [3.05, 3.63) is 82.5 Å². The molecule has 1 unspecified atom stereocenters. The minimum absolute atomic E-state index is 0. The highest BCUT2D eigenvalue weighted by Crippen LogP contribution is 2.31. The summed E-state index contributed by atoms with van der Waals surface area (Å²) in [5.41, 5.74) is 8.41. The second kappa shape index (κ2) is 19.0. The van der Waals surface area contributed by atoms with Gasteiger partial charge in [-0.1, -0.05) is 112 Å². The molecule has 32 heavy (non-hydrogen) atoms. The summed E-state index contributed by atoms with van der Waals surface area (Å²) in [7, 11) is 0. The molecule has 0 saturated carbocycles. The number of hydrogen-bond donors (Lipinski definition) is 0. The number of aryl methyl sites for hydroxylation is 1. The normalized spacial score (nSPS) is 16.4. The van der Waals surface area contributed by atoms with Crippen molar-refractivity contribution in [1.82, 2.24) is 0 Å². The molecule has 0 aromatic heterocycles. The van der Waals surface area contributed by atoms with Gasteiger partial charge in [0.05, 0.1) is 0 Å². The van der Waals surface area contributed by atoms with Gasteiger partial charge in [-0.15, -0.1) is 0 Å². The van der Waals surface area contributed by atoms with Crippen LogP contribution in [0.5, 0.6) is 0 Å². The fourth-order valence-electron chi connectivity index (χ4n) is 3.26. The van der Waals surface area contributed by atoms with E-state index >= 15 is 0 Å². The molecular formula is C31H52S. The molecule has 1 aromatic rings. The molecule has 0 spiro atoms. The van der Waals surface area contributed by atoms with Crippen molar-refractivity contribution in [3.63, 3.8) is 0 Å². The van der Waals surface area contributed by atoms with Crippen LogP contribution in [0.25, 0.3) is 0 Å². The summed E-state index contributed by atoms with van der Waals surface area (Å²) in [6.45, 7) is 24.0. The Balaban J connectivity index is 0. The molecule has 0 nitrogen and oxygen atoms in total. The lowest BCUT2D eigenvalue weighted by Gasteiger charge is -2.22. The monoisotopic (exact) mass is 456 g/mol. The van der Waals surface area contributed by atoms with Crippen LogP contribution in [-0.4, -0.2) is 0 Å². The van der Waals surface area contributed by atoms with Crippen LogP contribution >= 0.6 is 13.5 Å². The topological polar surface area (TPSA) is 0 Å². The Labute approximate surface area is 208 Å². The van der Waals surface area contributed by atoms with E-state index in [1.165, 1.54) is 60.8 Å². The summed E-state index contributed by atoms with van der Waals surface area (Å²) in [5, 5.41) is 0. The number of unbranched alkanes of at least 4 members (excludes halogenated alkanes) is 1. The van der Waals surface area contributed by atoms with Crippen molar-refractivity contribution in [2.45, 2.75) is 101 Å². The van der Waals surface area contributed by atoms with Gasteiger partial charge in [-0.05, 0) is 82.8 Å². The third-order valence-electron chi connectivity index (χ3n) is 5.22. The average molecular weight is 457 g/mol. The maximum atomic E-state index is 4.16. The van der Waals surface area contributed by atoms with Crippen LogP contribution in [0.4, 0.5) is 0 Å². The summed E-state index contributed by atoms with van der Waals surface area (Å²) >= 11 is 0. The molecule has 1 aromatic carbocycles. The molecule has 0 bridgehead atoms. The minimum atomic E-state index is 0. The van der Waals surface area contributed by atoms with E-state index in [-0.39, 0.29) is 13.5 Å². The van der Waals surface area contributed by atoms with Gasteiger partial charge < -0.3 is 0 Å². The fraction of sp³-hybridized carbons (Fsp3) is 0.548. The molecule has 0 fully saturated rings. The molecule has 1 aliphatic rings. The van der Waals surface area contributed by atoms with Crippen LogP contribution in [0.15, 0.2) is 76.9 Å². The Bertz CT molecular complexity index is 713. The van der Waals surface area contributed by atoms with E-state index < -0.39 is 0 Å². The Morgan fingerprint density at radius 2 is 1.66 bits per heavy atom. The molecule has 0 saturated heterocycles. The largest absolute Gasteiger partial charge is 0.197 e. The summed E-state index contributed by atoms with van der Waals surface area (Å²) in [5.74, 6) is 1.65. The smallest absolute Gasteiger partial charge is 0.0231 e. The average Bonchev–Trinajstić information content (AvgIpc) is 2.69. The van der Waals surface area contributed by atoms with Crippen LogP contribution in [0.3, 0.4) is 0 Å². The van der Waals surface area contributed by atoms with E-state index in [9.17, 15) is 0 Å². The van der Waals surface area contributed by atoms with Gasteiger partial charge in [0.25, 0.3) is 0 Å². The van der Waals surface area contributed by atoms with E-state index in [0.29, 0.717) is 0 Å². The van der Waals surface area contributed by atoms with Crippen LogP contribution in [0.1, 0.15) is 99.5 Å². The zero-order valence-corrected chi connectivity index (χ0v) is 23.6. The first-order chi connectivity index (χ1) is 14.6. The molecule has 0 heterocycles. The van der Waals surface area contributed by atoms with E-state index in [1.807, 2.05) is 18.2 Å². The van der Waals surface area contributed by atoms with Gasteiger partial charge in [0.1, 0.15) is 0 Å². The van der Waals surface area contributed by atoms with E-state index in [4.69, 9.17) is 0 Å². The molecule has 0 N–H and O–H groups in total. The second-order valence-electron chi connectivity index (χ2n) is 10.0. The highest BCUT2D eigenvalue weighted by Gasteiger charge is 2.14. The Morgan fingerprint density at radius 3 is 2.09 bits per heavy atom. The van der Waals surface area contributed by atoms with E-state index in [2.05, 4.69) is 93.2 Å². The van der Waals surface area contributed by atoms with E-state index in [1.54, 1.807) is 11.1 Å². The number of rotatable bonds is 6. The summed E-state index contributed by atoms with van der Waals surface area (Å²) in [6, 6.07) is 10.3. The second-order valence-corrected chi connectivity index (χ2v) is 10.0. The number of allylic oxidation sites excluding steroid dienone is 7. The van der Waals surface area contributed by atoms with Crippen molar-refractivity contribution in [2.24, 2.45) is 11.8 Å². The summed E-state index contributed by atoms with van der Waals surface area (Å²) < 4.78 is 0. The highest BCUT2D eigenvalue weighted by molar-refractivity contribution is 7.59. The zero-order valence-electron chi connectivity index (χ0n) is 22.6. The van der Waals surface area contributed by atoms with Crippen molar-refractivity contribution >= 4 is 13.5 Å². The summed E-state index contributed by atoms with van der Waals surface area (Å²) in [4.78, 5) is 0. The van der Waals surface area contributed by atoms with Crippen molar-refractivity contribution in [2.75, 3.05) is 0 Å². The van der Waals surface area contributed by atoms with Crippen LogP contribution < -0.4 is 0 Å². The maximum absolute atomic E-state index is 4.16. The first kappa shape index (κ1) is 32.7. The summed E-state index contributed by atoms with van der Waals surface area (Å²) in [6.07, 6.45) is 12.3. The molecule has 1 heteroatoms. The zero-order chi connectivity index (χ0) is 23.8. The van der Waals surface area contributed by atoms with Crippen LogP contribution in [0, 0.1) is 18.8 Å². The predicted molar refractivity (Wildman–Crippen MR) is 154 cm³/mol. The molecule has 0 aliphatic heterocycles. The van der Waals surface area contributed by atoms with Crippen molar-refractivity contribution in [1.29, 1.82) is 0 Å². The molecule has 0 radical (unpaired) electrons. The molecule has 1 aliphatic carbocycles. The van der Waals surface area contributed by atoms with Crippen LogP contribution in [0.2, 0.25) is 0 Å². The number of benzene rings is 1. The Morgan fingerprint density at radius 1 is 1.09 bits per heavy atom. The van der Waals surface area contributed by atoms with Gasteiger partial charge in [0, 0.05) is 0 Å². The van der Waals surface area contributed by atoms with E-state index in [0.717, 1.165) is 11.8 Å². The standard InChI is InChI=1S/C20H32.C7H8.C4H10.H2S/c1-7-8-9-16(4)12-19(15(2)3)14-20-13-17(5)10-11-18(20)6;1-7-5-3-2-4-6-7;1-4(2)3;/h12,14,17H,2,7-11,13H2,1,3-6H3;2-6H,1H3;4H,1-3H3;1H2/b16-12+,19-14-;;;. The molecule has 182 valence electrons. The van der Waals surface area contributed by atoms with Gasteiger partial charge in [0.2, 0.25) is 0 Å². The molecule has 2 rings (SSSR count). The quantitative estimate of drug-likeness (QED) is 0.373. The number of hydrogen-bond acceptors (Lipinski definition) is 0. The first-order valence-corrected chi connectivity index (χ1v) is 12.3. The minimum Gasteiger partial charge on any atom is -0.197 e. The SMILES string of the molecule is C=C(C)C(=C\C1=C(C)CCC(C)C1)/C=C(\C)CCCC.CC(C)C.Cc1ccccc1.S. The first-order valence-electron chi connectivity index (χ1n) is 12.3. The lowest BCUT2D eigenvalue weighted by atomic mass is 9.84. The molecule has 1 atom stereocenters. The predicted octanol–water partition coefficient (Wildman–Crippen LogP) is 10.5. The molecular weight excluding hydrogens is 404 g/mol. The molecule has 0 amide bonds. The Hall–Kier alpha value is -1.47. The van der Waals surface area contributed by atoms with Crippen LogP contribution in [-0.2, 0) is 0 Å². The lowest BCUT2D eigenvalue weighted by molar-refractivity contribution is 0.502. The third kappa shape index (κ3) is 17.1. The van der Waals surface area contributed by atoms with Gasteiger partial charge in [-0.3, -0.25) is 0 Å². The Kier molecular flexibility index (Phi) is 19.5. The van der Waals surface area contributed by atoms with Gasteiger partial charge in [0.15, 0.2) is 0 Å². The lowest BCUT2D eigenvalue weighted by Crippen LogP contribution is -2.05. The van der Waals surface area contributed by atoms with Crippen molar-refractivity contribution < 1.29 is 0 Å².